The van der Waals surface area contributed by atoms with E-state index < -0.39 is 0 Å². The van der Waals surface area contributed by atoms with Crippen LogP contribution in [0.5, 0.6) is 0 Å². The molecule has 0 aromatic heterocycles. The molecule has 3 saturated carbocycles. The van der Waals surface area contributed by atoms with Gasteiger partial charge in [0.2, 0.25) is 5.91 Å². The van der Waals surface area contributed by atoms with Crippen molar-refractivity contribution in [2.24, 2.45) is 23.7 Å². The lowest BCUT2D eigenvalue weighted by Crippen LogP contribution is -2.40. The summed E-state index contributed by atoms with van der Waals surface area (Å²) in [5.74, 6) is 3.81. The van der Waals surface area contributed by atoms with Crippen LogP contribution < -0.4 is 5.32 Å². The minimum absolute atomic E-state index is 0.308. The van der Waals surface area contributed by atoms with E-state index in [1.807, 2.05) is 0 Å². The molecule has 1 N–H and O–H groups in total. The van der Waals surface area contributed by atoms with Crippen molar-refractivity contribution in [3.8, 4) is 0 Å². The first kappa shape index (κ1) is 13.5. The minimum atomic E-state index is 0.308. The predicted octanol–water partition coefficient (Wildman–Crippen LogP) is 3.90. The maximum atomic E-state index is 12.1. The molecule has 0 aliphatic heterocycles. The Hall–Kier alpha value is -0.530. The van der Waals surface area contributed by atoms with Gasteiger partial charge in [0, 0.05) is 12.5 Å². The fourth-order valence-corrected chi connectivity index (χ4v) is 4.97. The average Bonchev–Trinajstić information content (AvgIpc) is 3.13. The highest BCUT2D eigenvalue weighted by Crippen LogP contribution is 2.49. The van der Waals surface area contributed by atoms with Crippen LogP contribution in [-0.4, -0.2) is 11.9 Å². The standard InChI is InChI=1S/C17H29NO/c1-12(16-11-14-6-8-15(16)10-14)18-17(19)9-7-13-4-2-3-5-13/h12-16H,2-11H2,1H3,(H,18,19)/t12-,14-,15-,16+/m0/s1. The van der Waals surface area contributed by atoms with Crippen molar-refractivity contribution in [1.82, 2.24) is 5.32 Å². The fraction of sp³-hybridized carbons (Fsp3) is 0.941. The summed E-state index contributed by atoms with van der Waals surface area (Å²) in [6, 6.07) is 0.409. The zero-order valence-electron chi connectivity index (χ0n) is 12.4. The molecule has 3 fully saturated rings. The molecule has 2 bridgehead atoms. The van der Waals surface area contributed by atoms with Crippen LogP contribution in [0.3, 0.4) is 0 Å². The summed E-state index contributed by atoms with van der Waals surface area (Å²) in [7, 11) is 0. The molecule has 0 spiro atoms. The zero-order chi connectivity index (χ0) is 13.2. The summed E-state index contributed by atoms with van der Waals surface area (Å²) in [4.78, 5) is 12.1. The Morgan fingerprint density at radius 1 is 1.16 bits per heavy atom. The van der Waals surface area contributed by atoms with Crippen molar-refractivity contribution < 1.29 is 4.79 Å². The van der Waals surface area contributed by atoms with Crippen LogP contribution in [0.1, 0.15) is 71.1 Å². The molecule has 108 valence electrons. The van der Waals surface area contributed by atoms with Crippen LogP contribution in [0, 0.1) is 23.7 Å². The smallest absolute Gasteiger partial charge is 0.220 e. The molecular formula is C17H29NO. The summed E-state index contributed by atoms with van der Waals surface area (Å²) in [5, 5.41) is 3.29. The third-order valence-corrected chi connectivity index (χ3v) is 6.08. The van der Waals surface area contributed by atoms with E-state index in [4.69, 9.17) is 0 Å². The Morgan fingerprint density at radius 3 is 2.58 bits per heavy atom. The van der Waals surface area contributed by atoms with Gasteiger partial charge in [0.25, 0.3) is 0 Å². The Balaban J connectivity index is 1.39. The number of rotatable bonds is 5. The summed E-state index contributed by atoms with van der Waals surface area (Å²) in [6.45, 7) is 2.23. The molecule has 2 nitrogen and oxygen atoms in total. The number of fused-ring (bicyclic) bond motifs is 2. The lowest BCUT2D eigenvalue weighted by atomic mass is 9.84. The average molecular weight is 263 g/mol. The summed E-state index contributed by atoms with van der Waals surface area (Å²) >= 11 is 0. The van der Waals surface area contributed by atoms with E-state index in [9.17, 15) is 4.79 Å². The molecule has 0 radical (unpaired) electrons. The van der Waals surface area contributed by atoms with Crippen molar-refractivity contribution in [2.75, 3.05) is 0 Å². The molecule has 3 rings (SSSR count). The molecular weight excluding hydrogens is 234 g/mol. The lowest BCUT2D eigenvalue weighted by Gasteiger charge is -2.28. The molecule has 4 atom stereocenters. The number of nitrogens with one attached hydrogen (secondary N) is 1. The number of hydrogen-bond acceptors (Lipinski definition) is 1. The lowest BCUT2D eigenvalue weighted by molar-refractivity contribution is -0.122. The van der Waals surface area contributed by atoms with Gasteiger partial charge in [-0.05, 0) is 56.3 Å². The minimum Gasteiger partial charge on any atom is -0.353 e. The molecule has 3 aliphatic rings. The zero-order valence-corrected chi connectivity index (χ0v) is 12.4. The Labute approximate surface area is 117 Å². The van der Waals surface area contributed by atoms with E-state index in [0.29, 0.717) is 11.9 Å². The van der Waals surface area contributed by atoms with Crippen molar-refractivity contribution in [3.05, 3.63) is 0 Å². The topological polar surface area (TPSA) is 29.1 Å². The van der Waals surface area contributed by atoms with Crippen LogP contribution in [0.2, 0.25) is 0 Å². The number of amides is 1. The molecule has 0 unspecified atom stereocenters. The van der Waals surface area contributed by atoms with Gasteiger partial charge in [0.05, 0.1) is 0 Å². The van der Waals surface area contributed by atoms with Crippen LogP contribution in [0.25, 0.3) is 0 Å². The van der Waals surface area contributed by atoms with Crippen LogP contribution in [0.4, 0.5) is 0 Å². The first-order chi connectivity index (χ1) is 9.22. The second-order valence-corrected chi connectivity index (χ2v) is 7.38. The molecule has 0 saturated heterocycles. The van der Waals surface area contributed by atoms with Crippen LogP contribution in [0.15, 0.2) is 0 Å². The summed E-state index contributed by atoms with van der Waals surface area (Å²) < 4.78 is 0. The molecule has 19 heavy (non-hydrogen) atoms. The van der Waals surface area contributed by atoms with Gasteiger partial charge in [-0.1, -0.05) is 32.1 Å². The second-order valence-electron chi connectivity index (χ2n) is 7.38. The van der Waals surface area contributed by atoms with Crippen molar-refractivity contribution in [2.45, 2.75) is 77.2 Å². The van der Waals surface area contributed by atoms with Gasteiger partial charge in [-0.2, -0.15) is 0 Å². The summed E-state index contributed by atoms with van der Waals surface area (Å²) in [6.07, 6.45) is 13.0. The van der Waals surface area contributed by atoms with Gasteiger partial charge >= 0.3 is 0 Å². The van der Waals surface area contributed by atoms with Gasteiger partial charge in [0.15, 0.2) is 0 Å². The maximum Gasteiger partial charge on any atom is 0.220 e. The normalized spacial score (nSPS) is 35.7. The number of carbonyl (C=O) groups is 1. The van der Waals surface area contributed by atoms with Crippen LogP contribution in [-0.2, 0) is 4.79 Å². The Kier molecular flexibility index (Phi) is 4.14. The first-order valence-corrected chi connectivity index (χ1v) is 8.51. The SMILES string of the molecule is C[C@H](NC(=O)CCC1CCCC1)[C@H]1C[C@H]2CC[C@H]1C2. The highest BCUT2D eigenvalue weighted by Gasteiger charge is 2.42. The van der Waals surface area contributed by atoms with E-state index in [2.05, 4.69) is 12.2 Å². The molecule has 3 aliphatic carbocycles. The quantitative estimate of drug-likeness (QED) is 0.801. The predicted molar refractivity (Wildman–Crippen MR) is 77.7 cm³/mol. The monoisotopic (exact) mass is 263 g/mol. The van der Waals surface area contributed by atoms with Gasteiger partial charge in [-0.15, -0.1) is 0 Å². The maximum absolute atomic E-state index is 12.1. The van der Waals surface area contributed by atoms with E-state index in [1.165, 1.54) is 51.4 Å². The van der Waals surface area contributed by atoms with Crippen molar-refractivity contribution in [3.63, 3.8) is 0 Å². The van der Waals surface area contributed by atoms with Gasteiger partial charge in [-0.25, -0.2) is 0 Å². The second kappa shape index (κ2) is 5.85. The third kappa shape index (κ3) is 3.14. The molecule has 0 aromatic rings. The molecule has 2 heteroatoms. The van der Waals surface area contributed by atoms with E-state index in [-0.39, 0.29) is 0 Å². The highest BCUT2D eigenvalue weighted by atomic mass is 16.1. The summed E-state index contributed by atoms with van der Waals surface area (Å²) in [5.41, 5.74) is 0. The van der Waals surface area contributed by atoms with Crippen molar-refractivity contribution in [1.29, 1.82) is 0 Å². The first-order valence-electron chi connectivity index (χ1n) is 8.51. The molecule has 0 aromatic carbocycles. The number of carbonyl (C=O) groups excluding carboxylic acids is 1. The van der Waals surface area contributed by atoms with E-state index in [0.717, 1.165) is 36.5 Å². The van der Waals surface area contributed by atoms with Gasteiger partial charge in [-0.3, -0.25) is 4.79 Å². The molecule has 1 amide bonds. The van der Waals surface area contributed by atoms with Gasteiger partial charge < -0.3 is 5.32 Å². The van der Waals surface area contributed by atoms with Gasteiger partial charge in [0.1, 0.15) is 0 Å². The van der Waals surface area contributed by atoms with E-state index in [1.54, 1.807) is 0 Å². The van der Waals surface area contributed by atoms with E-state index >= 15 is 0 Å². The van der Waals surface area contributed by atoms with Crippen LogP contribution >= 0.6 is 0 Å². The van der Waals surface area contributed by atoms with Crippen molar-refractivity contribution >= 4 is 5.91 Å². The largest absolute Gasteiger partial charge is 0.353 e. The number of hydrogen-bond donors (Lipinski definition) is 1. The molecule has 0 heterocycles. The Morgan fingerprint density at radius 2 is 1.95 bits per heavy atom. The third-order valence-electron chi connectivity index (χ3n) is 6.08. The highest BCUT2D eigenvalue weighted by molar-refractivity contribution is 5.76. The Bertz CT molecular complexity index is 321. The fourth-order valence-electron chi connectivity index (χ4n) is 4.97.